The zero-order chi connectivity index (χ0) is 19.1. The molecule has 0 aromatic carbocycles. The highest BCUT2D eigenvalue weighted by Crippen LogP contribution is 2.35. The second-order valence-corrected chi connectivity index (χ2v) is 7.29. The Balaban J connectivity index is 1.54. The fourth-order valence-electron chi connectivity index (χ4n) is 3.72. The molecule has 1 saturated carbocycles. The summed E-state index contributed by atoms with van der Waals surface area (Å²) < 4.78 is 5.09. The van der Waals surface area contributed by atoms with Crippen molar-refractivity contribution in [2.24, 2.45) is 5.92 Å². The van der Waals surface area contributed by atoms with Crippen LogP contribution >= 0.6 is 0 Å². The van der Waals surface area contributed by atoms with Gasteiger partial charge in [-0.25, -0.2) is 4.98 Å². The van der Waals surface area contributed by atoms with E-state index in [0.29, 0.717) is 30.0 Å². The number of anilines is 1. The molecule has 5 rings (SSSR count). The molecule has 7 nitrogen and oxygen atoms in total. The summed E-state index contributed by atoms with van der Waals surface area (Å²) in [6, 6.07) is 5.39. The van der Waals surface area contributed by atoms with Gasteiger partial charge in [-0.05, 0) is 43.0 Å². The molecule has 3 aromatic heterocycles. The number of nitrogens with zero attached hydrogens (tertiary/aromatic N) is 2. The van der Waals surface area contributed by atoms with Crippen LogP contribution in [0.1, 0.15) is 41.2 Å². The van der Waals surface area contributed by atoms with Gasteiger partial charge in [0, 0.05) is 24.0 Å². The van der Waals surface area contributed by atoms with E-state index in [4.69, 9.17) is 4.42 Å². The number of furan rings is 1. The van der Waals surface area contributed by atoms with E-state index < -0.39 is 0 Å². The molecule has 4 heterocycles. The van der Waals surface area contributed by atoms with Crippen molar-refractivity contribution in [3.05, 3.63) is 60.2 Å². The van der Waals surface area contributed by atoms with Gasteiger partial charge in [0.2, 0.25) is 5.91 Å². The van der Waals surface area contributed by atoms with Crippen LogP contribution in [0.5, 0.6) is 0 Å². The Kier molecular flexibility index (Phi) is 4.00. The maximum absolute atomic E-state index is 13.0. The molecule has 1 fully saturated rings. The number of pyridine rings is 1. The lowest BCUT2D eigenvalue weighted by molar-refractivity contribution is -0.117. The van der Waals surface area contributed by atoms with Crippen LogP contribution in [0, 0.1) is 5.92 Å². The third kappa shape index (κ3) is 2.98. The maximum Gasteiger partial charge on any atom is 0.257 e. The fourth-order valence-corrected chi connectivity index (χ4v) is 3.72. The Morgan fingerprint density at radius 1 is 1.25 bits per heavy atom. The predicted octanol–water partition coefficient (Wildman–Crippen LogP) is 3.65. The highest BCUT2D eigenvalue weighted by molar-refractivity contribution is 5.96. The molecule has 0 bridgehead atoms. The number of aromatic amines is 1. The van der Waals surface area contributed by atoms with E-state index in [-0.39, 0.29) is 23.8 Å². The summed E-state index contributed by atoms with van der Waals surface area (Å²) in [7, 11) is 0. The quantitative estimate of drug-likeness (QED) is 0.680. The van der Waals surface area contributed by atoms with Gasteiger partial charge in [-0.15, -0.1) is 0 Å². The summed E-state index contributed by atoms with van der Waals surface area (Å²) in [5.41, 5.74) is 2.20. The van der Waals surface area contributed by atoms with Gasteiger partial charge in [0.15, 0.2) is 0 Å². The van der Waals surface area contributed by atoms with E-state index in [9.17, 15) is 9.59 Å². The first kappa shape index (κ1) is 16.8. The SMILES string of the molecule is O=C(Nc1cc(C2CC=CCN2C(=O)c2ccoc2)c2cc[nH]c2n1)C1CC1. The molecule has 7 heteroatoms. The third-order valence-corrected chi connectivity index (χ3v) is 5.35. The molecule has 142 valence electrons. The van der Waals surface area contributed by atoms with Crippen LogP contribution < -0.4 is 5.32 Å². The van der Waals surface area contributed by atoms with E-state index >= 15 is 0 Å². The van der Waals surface area contributed by atoms with Crippen LogP contribution in [0.15, 0.2) is 53.5 Å². The third-order valence-electron chi connectivity index (χ3n) is 5.35. The van der Waals surface area contributed by atoms with Gasteiger partial charge < -0.3 is 19.6 Å². The minimum atomic E-state index is -0.148. The maximum atomic E-state index is 13.0. The van der Waals surface area contributed by atoms with Crippen molar-refractivity contribution < 1.29 is 14.0 Å². The lowest BCUT2D eigenvalue weighted by atomic mass is 9.96. The van der Waals surface area contributed by atoms with E-state index in [2.05, 4.69) is 21.4 Å². The van der Waals surface area contributed by atoms with Crippen molar-refractivity contribution in [1.82, 2.24) is 14.9 Å². The van der Waals surface area contributed by atoms with Crippen LogP contribution in [-0.4, -0.2) is 33.2 Å². The monoisotopic (exact) mass is 376 g/mol. The van der Waals surface area contributed by atoms with Gasteiger partial charge in [0.1, 0.15) is 17.7 Å². The molecule has 1 unspecified atom stereocenters. The number of H-pyrrole nitrogens is 1. The number of hydrogen-bond acceptors (Lipinski definition) is 4. The number of carbonyl (C=O) groups excluding carboxylic acids is 2. The Labute approximate surface area is 161 Å². The highest BCUT2D eigenvalue weighted by Gasteiger charge is 2.32. The second-order valence-electron chi connectivity index (χ2n) is 7.29. The summed E-state index contributed by atoms with van der Waals surface area (Å²) in [6.45, 7) is 0.521. The number of aromatic nitrogens is 2. The predicted molar refractivity (Wildman–Crippen MR) is 104 cm³/mol. The molecule has 1 atom stereocenters. The molecule has 28 heavy (non-hydrogen) atoms. The van der Waals surface area contributed by atoms with Gasteiger partial charge in [0.05, 0.1) is 17.9 Å². The topological polar surface area (TPSA) is 91.2 Å². The number of carbonyl (C=O) groups is 2. The Morgan fingerprint density at radius 2 is 2.14 bits per heavy atom. The molecule has 1 aliphatic carbocycles. The normalized spacial score (nSPS) is 19.1. The van der Waals surface area contributed by atoms with Gasteiger partial charge in [-0.1, -0.05) is 12.2 Å². The molecule has 0 spiro atoms. The number of hydrogen-bond donors (Lipinski definition) is 2. The molecule has 1 aliphatic heterocycles. The lowest BCUT2D eigenvalue weighted by Crippen LogP contribution is -2.36. The standard InChI is InChI=1S/C21H20N4O3/c26-20(13-4-5-13)24-18-11-16(15-6-8-22-19(15)23-18)17-3-1-2-9-25(17)21(27)14-7-10-28-12-14/h1-2,6-8,10-13,17H,3-5,9H2,(H2,22,23,24,26). The molecule has 2 amide bonds. The molecule has 0 saturated heterocycles. The van der Waals surface area contributed by atoms with Crippen LogP contribution in [0.25, 0.3) is 11.0 Å². The molecule has 0 radical (unpaired) electrons. The Morgan fingerprint density at radius 3 is 2.93 bits per heavy atom. The average Bonchev–Trinajstić information content (AvgIpc) is 3.22. The minimum Gasteiger partial charge on any atom is -0.472 e. The second kappa shape index (κ2) is 6.67. The number of rotatable bonds is 4. The van der Waals surface area contributed by atoms with Gasteiger partial charge in [-0.3, -0.25) is 9.59 Å². The molecule has 3 aromatic rings. The summed E-state index contributed by atoms with van der Waals surface area (Å²) in [5, 5.41) is 3.88. The van der Waals surface area contributed by atoms with Crippen molar-refractivity contribution in [3.63, 3.8) is 0 Å². The summed E-state index contributed by atoms with van der Waals surface area (Å²) in [6.07, 6.45) is 11.5. The zero-order valence-corrected chi connectivity index (χ0v) is 15.2. The van der Waals surface area contributed by atoms with Crippen LogP contribution in [0.4, 0.5) is 5.82 Å². The van der Waals surface area contributed by atoms with Crippen molar-refractivity contribution >= 4 is 28.7 Å². The molecule has 2 aliphatic rings. The first-order valence-corrected chi connectivity index (χ1v) is 9.48. The Bertz CT molecular complexity index is 1060. The largest absolute Gasteiger partial charge is 0.472 e. The van der Waals surface area contributed by atoms with Crippen molar-refractivity contribution in [1.29, 1.82) is 0 Å². The summed E-state index contributed by atoms with van der Waals surface area (Å²) in [5.74, 6) is 0.555. The van der Waals surface area contributed by atoms with Crippen molar-refractivity contribution in [3.8, 4) is 0 Å². The van der Waals surface area contributed by atoms with E-state index in [0.717, 1.165) is 23.8 Å². The van der Waals surface area contributed by atoms with E-state index in [1.54, 1.807) is 6.07 Å². The van der Waals surface area contributed by atoms with Gasteiger partial charge in [-0.2, -0.15) is 0 Å². The zero-order valence-electron chi connectivity index (χ0n) is 15.2. The fraction of sp³-hybridized carbons (Fsp3) is 0.286. The smallest absolute Gasteiger partial charge is 0.257 e. The number of nitrogens with one attached hydrogen (secondary N) is 2. The van der Waals surface area contributed by atoms with Gasteiger partial charge in [0.25, 0.3) is 5.91 Å². The molecular weight excluding hydrogens is 356 g/mol. The van der Waals surface area contributed by atoms with Crippen LogP contribution in [-0.2, 0) is 4.79 Å². The molecular formula is C21H20N4O3. The van der Waals surface area contributed by atoms with E-state index in [1.165, 1.54) is 12.5 Å². The number of fused-ring (bicyclic) bond motifs is 1. The minimum absolute atomic E-state index is 0.0132. The van der Waals surface area contributed by atoms with Crippen molar-refractivity contribution in [2.45, 2.75) is 25.3 Å². The van der Waals surface area contributed by atoms with E-state index in [1.807, 2.05) is 29.3 Å². The first-order chi connectivity index (χ1) is 13.7. The summed E-state index contributed by atoms with van der Waals surface area (Å²) in [4.78, 5) is 34.7. The highest BCUT2D eigenvalue weighted by atomic mass is 16.3. The van der Waals surface area contributed by atoms with Crippen molar-refractivity contribution in [2.75, 3.05) is 11.9 Å². The molecule has 2 N–H and O–H groups in total. The lowest BCUT2D eigenvalue weighted by Gasteiger charge is -2.33. The average molecular weight is 376 g/mol. The van der Waals surface area contributed by atoms with Crippen LogP contribution in [0.2, 0.25) is 0 Å². The summed E-state index contributed by atoms with van der Waals surface area (Å²) >= 11 is 0. The van der Waals surface area contributed by atoms with Crippen LogP contribution in [0.3, 0.4) is 0 Å². The number of amides is 2. The first-order valence-electron chi connectivity index (χ1n) is 9.48. The van der Waals surface area contributed by atoms with Gasteiger partial charge >= 0.3 is 0 Å². The Hall–Kier alpha value is -3.35.